The van der Waals surface area contributed by atoms with Gasteiger partial charge in [0.25, 0.3) is 0 Å². The second kappa shape index (κ2) is 6.31. The highest BCUT2D eigenvalue weighted by Crippen LogP contribution is 2.46. The Morgan fingerprint density at radius 3 is 2.91 bits per heavy atom. The number of benzene rings is 1. The molecule has 124 valence electrons. The van der Waals surface area contributed by atoms with Crippen LogP contribution in [0.1, 0.15) is 60.6 Å². The van der Waals surface area contributed by atoms with E-state index in [1.807, 2.05) is 0 Å². The third-order valence-electron chi connectivity index (χ3n) is 5.05. The van der Waals surface area contributed by atoms with Crippen LogP contribution < -0.4 is 0 Å². The number of ether oxygens (including phenoxy) is 1. The van der Waals surface area contributed by atoms with E-state index < -0.39 is 0 Å². The summed E-state index contributed by atoms with van der Waals surface area (Å²) in [5, 5.41) is 0.300. The Morgan fingerprint density at radius 2 is 2.17 bits per heavy atom. The van der Waals surface area contributed by atoms with E-state index >= 15 is 0 Å². The van der Waals surface area contributed by atoms with E-state index in [0.29, 0.717) is 29.6 Å². The fourth-order valence-corrected chi connectivity index (χ4v) is 5.27. The average Bonchev–Trinajstić information content (AvgIpc) is 2.51. The van der Waals surface area contributed by atoms with E-state index in [4.69, 9.17) is 4.74 Å². The number of thioether (sulfide) groups is 1. The number of hydrogen-bond donors (Lipinski definition) is 0. The number of rotatable bonds is 3. The molecule has 0 aliphatic heterocycles. The minimum Gasteiger partial charge on any atom is -0.468 e. The van der Waals surface area contributed by atoms with E-state index in [2.05, 4.69) is 26.0 Å². The highest BCUT2D eigenvalue weighted by atomic mass is 32.2. The highest BCUT2D eigenvalue weighted by Gasteiger charge is 2.36. The van der Waals surface area contributed by atoms with Crippen molar-refractivity contribution in [3.63, 3.8) is 0 Å². The fraction of sp³-hybridized carbons (Fsp3) is 0.579. The van der Waals surface area contributed by atoms with Crippen molar-refractivity contribution in [2.45, 2.75) is 56.6 Å². The van der Waals surface area contributed by atoms with Crippen molar-refractivity contribution in [2.24, 2.45) is 0 Å². The van der Waals surface area contributed by atoms with Crippen LogP contribution in [0, 0.1) is 0 Å². The van der Waals surface area contributed by atoms with Gasteiger partial charge in [-0.05, 0) is 46.9 Å². The number of esters is 1. The molecule has 2 aliphatic carbocycles. The van der Waals surface area contributed by atoms with Crippen LogP contribution in [0.25, 0.3) is 0 Å². The molecule has 0 saturated carbocycles. The van der Waals surface area contributed by atoms with Crippen molar-refractivity contribution in [1.82, 2.24) is 0 Å². The zero-order valence-electron chi connectivity index (χ0n) is 14.1. The van der Waals surface area contributed by atoms with E-state index in [9.17, 15) is 9.59 Å². The normalized spacial score (nSPS) is 22.2. The first-order valence-corrected chi connectivity index (χ1v) is 9.32. The summed E-state index contributed by atoms with van der Waals surface area (Å²) in [5.74, 6) is 0.531. The third-order valence-corrected chi connectivity index (χ3v) is 6.33. The van der Waals surface area contributed by atoms with Gasteiger partial charge in [0, 0.05) is 18.1 Å². The van der Waals surface area contributed by atoms with Crippen LogP contribution in [0.2, 0.25) is 0 Å². The molecule has 3 rings (SSSR count). The van der Waals surface area contributed by atoms with Crippen molar-refractivity contribution in [3.8, 4) is 0 Å². The minimum atomic E-state index is -0.177. The number of Topliss-reactive ketones (excluding diaryl/α,β-unsaturated/α-hetero) is 1. The maximum Gasteiger partial charge on any atom is 0.315 e. The van der Waals surface area contributed by atoms with Crippen molar-refractivity contribution in [3.05, 3.63) is 34.4 Å². The summed E-state index contributed by atoms with van der Waals surface area (Å²) in [7, 11) is 1.43. The number of ketones is 1. The quantitative estimate of drug-likeness (QED) is 0.791. The van der Waals surface area contributed by atoms with E-state index in [1.54, 1.807) is 11.8 Å². The van der Waals surface area contributed by atoms with Gasteiger partial charge in [0.2, 0.25) is 0 Å². The molecule has 0 amide bonds. The molecule has 1 atom stereocenters. The zero-order valence-corrected chi connectivity index (χ0v) is 14.9. The molecule has 2 aliphatic rings. The van der Waals surface area contributed by atoms with Gasteiger partial charge in [0.05, 0.1) is 12.9 Å². The molecule has 0 bridgehead atoms. The topological polar surface area (TPSA) is 43.4 Å². The molecule has 0 radical (unpaired) electrons. The summed E-state index contributed by atoms with van der Waals surface area (Å²) in [4.78, 5) is 23.8. The number of carbonyl (C=O) groups excluding carboxylic acids is 2. The minimum absolute atomic E-state index is 0.0886. The number of fused-ring (bicyclic) bond motifs is 3. The molecule has 23 heavy (non-hydrogen) atoms. The van der Waals surface area contributed by atoms with Crippen LogP contribution in [-0.2, 0) is 32.6 Å². The molecule has 4 heteroatoms. The number of carbonyl (C=O) groups is 2. The van der Waals surface area contributed by atoms with Crippen molar-refractivity contribution < 1.29 is 14.3 Å². The maximum atomic E-state index is 12.3. The summed E-state index contributed by atoms with van der Waals surface area (Å²) < 4.78 is 4.78. The molecule has 0 N–H and O–H groups in total. The first-order valence-electron chi connectivity index (χ1n) is 8.27. The Balaban J connectivity index is 2.00. The van der Waals surface area contributed by atoms with E-state index in [1.165, 1.54) is 29.4 Å². The lowest BCUT2D eigenvalue weighted by Gasteiger charge is -2.37. The summed E-state index contributed by atoms with van der Waals surface area (Å²) in [6.07, 6.45) is 4.46. The number of hydrogen-bond acceptors (Lipinski definition) is 4. The van der Waals surface area contributed by atoms with Gasteiger partial charge in [0.15, 0.2) is 0 Å². The fourth-order valence-electron chi connectivity index (χ4n) is 4.02. The SMILES string of the molecule is COC(=O)CSC1CCCc2ccc3c(c21)CC(=O)CC3(C)C. The molecule has 1 aromatic rings. The molecular weight excluding hydrogens is 308 g/mol. The van der Waals surface area contributed by atoms with Crippen LogP contribution in [0.4, 0.5) is 0 Å². The molecule has 0 spiro atoms. The molecule has 1 aromatic carbocycles. The second-order valence-corrected chi connectivity index (χ2v) is 8.40. The Morgan fingerprint density at radius 1 is 1.39 bits per heavy atom. The van der Waals surface area contributed by atoms with Crippen LogP contribution in [0.15, 0.2) is 12.1 Å². The van der Waals surface area contributed by atoms with Gasteiger partial charge in [-0.25, -0.2) is 0 Å². The lowest BCUT2D eigenvalue weighted by Crippen LogP contribution is -2.32. The molecule has 0 heterocycles. The number of aryl methyl sites for hydroxylation is 1. The van der Waals surface area contributed by atoms with Gasteiger partial charge < -0.3 is 4.74 Å². The van der Waals surface area contributed by atoms with Crippen molar-refractivity contribution in [1.29, 1.82) is 0 Å². The molecule has 3 nitrogen and oxygen atoms in total. The Bertz CT molecular complexity index is 648. The van der Waals surface area contributed by atoms with Gasteiger partial charge in [-0.2, -0.15) is 0 Å². The Labute approximate surface area is 142 Å². The van der Waals surface area contributed by atoms with Gasteiger partial charge in [-0.3, -0.25) is 9.59 Å². The summed E-state index contributed by atoms with van der Waals surface area (Å²) in [6, 6.07) is 4.48. The predicted molar refractivity (Wildman–Crippen MR) is 92.9 cm³/mol. The Kier molecular flexibility index (Phi) is 4.54. The molecule has 1 unspecified atom stereocenters. The van der Waals surface area contributed by atoms with Crippen LogP contribution in [-0.4, -0.2) is 24.6 Å². The number of methoxy groups -OCH3 is 1. The van der Waals surface area contributed by atoms with Crippen LogP contribution >= 0.6 is 11.8 Å². The lowest BCUT2D eigenvalue weighted by molar-refractivity contribution is -0.137. The van der Waals surface area contributed by atoms with Gasteiger partial charge in [0.1, 0.15) is 5.78 Å². The maximum absolute atomic E-state index is 12.3. The highest BCUT2D eigenvalue weighted by molar-refractivity contribution is 8.00. The average molecular weight is 332 g/mol. The van der Waals surface area contributed by atoms with Crippen molar-refractivity contribution >= 4 is 23.5 Å². The first-order chi connectivity index (χ1) is 10.9. The van der Waals surface area contributed by atoms with Gasteiger partial charge in [-0.1, -0.05) is 26.0 Å². The lowest BCUT2D eigenvalue weighted by atomic mass is 9.69. The first kappa shape index (κ1) is 16.6. The van der Waals surface area contributed by atoms with Crippen molar-refractivity contribution in [2.75, 3.05) is 12.9 Å². The zero-order chi connectivity index (χ0) is 16.6. The molecular formula is C19H24O3S. The van der Waals surface area contributed by atoms with Gasteiger partial charge >= 0.3 is 5.97 Å². The van der Waals surface area contributed by atoms with E-state index in [-0.39, 0.29) is 11.4 Å². The Hall–Kier alpha value is -1.29. The smallest absolute Gasteiger partial charge is 0.315 e. The van der Waals surface area contributed by atoms with Crippen LogP contribution in [0.5, 0.6) is 0 Å². The van der Waals surface area contributed by atoms with Crippen LogP contribution in [0.3, 0.4) is 0 Å². The second-order valence-electron chi connectivity index (χ2n) is 7.21. The van der Waals surface area contributed by atoms with E-state index in [0.717, 1.165) is 19.3 Å². The molecule has 0 fully saturated rings. The third kappa shape index (κ3) is 3.18. The molecule has 0 saturated heterocycles. The van der Waals surface area contributed by atoms with Gasteiger partial charge in [-0.15, -0.1) is 11.8 Å². The summed E-state index contributed by atoms with van der Waals surface area (Å²) >= 11 is 1.66. The largest absolute Gasteiger partial charge is 0.468 e. The standard InChI is InChI=1S/C19H24O3S/c1-19(2)10-13(20)9-14-15(19)8-7-12-5-4-6-16(18(12)14)23-11-17(21)22-3/h7-8,16H,4-6,9-11H2,1-3H3. The summed E-state index contributed by atoms with van der Waals surface area (Å²) in [6.45, 7) is 4.32. The predicted octanol–water partition coefficient (Wildman–Crippen LogP) is 3.76. The summed E-state index contributed by atoms with van der Waals surface area (Å²) in [5.41, 5.74) is 5.17. The monoisotopic (exact) mass is 332 g/mol. The molecule has 0 aromatic heterocycles.